The van der Waals surface area contributed by atoms with E-state index in [1.54, 1.807) is 0 Å². The molecular formula is C13H14ClFN2O2S. The Kier molecular flexibility index (Phi) is 4.23. The lowest BCUT2D eigenvalue weighted by Gasteiger charge is -2.20. The van der Waals surface area contributed by atoms with Gasteiger partial charge in [0.2, 0.25) is 10.0 Å². The van der Waals surface area contributed by atoms with Gasteiger partial charge in [-0.05, 0) is 30.9 Å². The molecule has 0 aromatic heterocycles. The lowest BCUT2D eigenvalue weighted by molar-refractivity contribution is 0.426. The average Bonchev–Trinajstić information content (AvgIpc) is 3.17. The summed E-state index contributed by atoms with van der Waals surface area (Å²) in [6, 6.07) is 2.22. The molecule has 0 amide bonds. The molecular weight excluding hydrogens is 303 g/mol. The van der Waals surface area contributed by atoms with E-state index >= 15 is 0 Å². The standard InChI is InChI=1S/C13H14ClFN2O2S/c1-2-5-17(8-9-3-4-9)20(18,19)12-7-10(14)6-11(16)13(12)15/h1,6-7,9H,3-5,8,16H2. The molecule has 1 aliphatic carbocycles. The fourth-order valence-corrected chi connectivity index (χ4v) is 3.69. The number of halogens is 2. The highest BCUT2D eigenvalue weighted by Gasteiger charge is 2.33. The minimum Gasteiger partial charge on any atom is -0.396 e. The van der Waals surface area contributed by atoms with Gasteiger partial charge in [0.05, 0.1) is 12.2 Å². The maximum atomic E-state index is 14.0. The van der Waals surface area contributed by atoms with Crippen LogP contribution in [0.2, 0.25) is 5.02 Å². The predicted octanol–water partition coefficient (Wildman–Crippen LogP) is 2.10. The third-order valence-electron chi connectivity index (χ3n) is 3.08. The molecule has 7 heteroatoms. The summed E-state index contributed by atoms with van der Waals surface area (Å²) in [4.78, 5) is -0.529. The van der Waals surface area contributed by atoms with E-state index in [2.05, 4.69) is 5.92 Å². The van der Waals surface area contributed by atoms with Gasteiger partial charge in [-0.1, -0.05) is 17.5 Å². The van der Waals surface area contributed by atoms with E-state index in [1.165, 1.54) is 6.07 Å². The maximum Gasteiger partial charge on any atom is 0.247 e. The van der Waals surface area contributed by atoms with Crippen LogP contribution >= 0.6 is 11.6 Å². The van der Waals surface area contributed by atoms with Gasteiger partial charge in [0.15, 0.2) is 5.82 Å². The molecule has 1 fully saturated rings. The molecule has 0 unspecified atom stereocenters. The molecule has 1 saturated carbocycles. The van der Waals surface area contributed by atoms with Crippen molar-refractivity contribution in [1.82, 2.24) is 4.31 Å². The van der Waals surface area contributed by atoms with Crippen LogP contribution in [-0.4, -0.2) is 25.8 Å². The Labute approximate surface area is 122 Å². The second kappa shape index (κ2) is 5.60. The smallest absolute Gasteiger partial charge is 0.247 e. The van der Waals surface area contributed by atoms with E-state index in [1.807, 2.05) is 0 Å². The van der Waals surface area contributed by atoms with Crippen molar-refractivity contribution in [2.45, 2.75) is 17.7 Å². The quantitative estimate of drug-likeness (QED) is 0.668. The molecule has 0 spiro atoms. The minimum absolute atomic E-state index is 0.0644. The van der Waals surface area contributed by atoms with E-state index in [9.17, 15) is 12.8 Å². The molecule has 1 aromatic carbocycles. The Bertz CT molecular complexity index is 666. The Morgan fingerprint density at radius 1 is 1.50 bits per heavy atom. The Balaban J connectivity index is 2.44. The van der Waals surface area contributed by atoms with E-state index in [0.29, 0.717) is 6.54 Å². The Morgan fingerprint density at radius 2 is 2.15 bits per heavy atom. The molecule has 0 saturated heterocycles. The lowest BCUT2D eigenvalue weighted by atomic mass is 10.3. The van der Waals surface area contributed by atoms with Gasteiger partial charge >= 0.3 is 0 Å². The third-order valence-corrected chi connectivity index (χ3v) is 5.11. The molecule has 2 rings (SSSR count). The molecule has 20 heavy (non-hydrogen) atoms. The molecule has 0 aliphatic heterocycles. The topological polar surface area (TPSA) is 63.4 Å². The van der Waals surface area contributed by atoms with Crippen molar-refractivity contribution in [1.29, 1.82) is 0 Å². The zero-order valence-corrected chi connectivity index (χ0v) is 12.2. The first-order chi connectivity index (χ1) is 9.36. The largest absolute Gasteiger partial charge is 0.396 e. The number of nitrogens with zero attached hydrogens (tertiary/aromatic N) is 1. The van der Waals surface area contributed by atoms with Crippen LogP contribution in [0.3, 0.4) is 0 Å². The van der Waals surface area contributed by atoms with Crippen molar-refractivity contribution in [2.75, 3.05) is 18.8 Å². The van der Waals surface area contributed by atoms with Gasteiger partial charge in [-0.3, -0.25) is 0 Å². The molecule has 0 radical (unpaired) electrons. The molecule has 1 aromatic rings. The molecule has 0 heterocycles. The van der Waals surface area contributed by atoms with Crippen molar-refractivity contribution in [3.05, 3.63) is 23.0 Å². The number of benzene rings is 1. The Hall–Kier alpha value is -1.29. The average molecular weight is 317 g/mol. The lowest BCUT2D eigenvalue weighted by Crippen LogP contribution is -2.34. The highest BCUT2D eigenvalue weighted by molar-refractivity contribution is 7.89. The SMILES string of the molecule is C#CCN(CC1CC1)S(=O)(=O)c1cc(Cl)cc(N)c1F. The molecule has 2 N–H and O–H groups in total. The summed E-state index contributed by atoms with van der Waals surface area (Å²) in [5.74, 6) is 1.58. The minimum atomic E-state index is -4.04. The normalized spacial score (nSPS) is 15.3. The second-order valence-electron chi connectivity index (χ2n) is 4.75. The van der Waals surface area contributed by atoms with Crippen LogP contribution in [0.4, 0.5) is 10.1 Å². The maximum absolute atomic E-state index is 14.0. The first-order valence-corrected chi connectivity index (χ1v) is 7.86. The number of nitrogens with two attached hydrogens (primary N) is 1. The van der Waals surface area contributed by atoms with Crippen molar-refractivity contribution < 1.29 is 12.8 Å². The zero-order chi connectivity index (χ0) is 14.9. The van der Waals surface area contributed by atoms with Crippen molar-refractivity contribution >= 4 is 27.3 Å². The van der Waals surface area contributed by atoms with E-state index in [-0.39, 0.29) is 23.2 Å². The fourth-order valence-electron chi connectivity index (χ4n) is 1.85. The third kappa shape index (κ3) is 3.06. The van der Waals surface area contributed by atoms with Crippen LogP contribution in [0.5, 0.6) is 0 Å². The van der Waals surface area contributed by atoms with Crippen LogP contribution in [0.1, 0.15) is 12.8 Å². The number of hydrogen-bond acceptors (Lipinski definition) is 3. The van der Waals surface area contributed by atoms with Crippen LogP contribution in [0, 0.1) is 24.1 Å². The van der Waals surface area contributed by atoms with Gasteiger partial charge in [0.25, 0.3) is 0 Å². The second-order valence-corrected chi connectivity index (χ2v) is 7.09. The van der Waals surface area contributed by atoms with Gasteiger partial charge in [-0.15, -0.1) is 6.42 Å². The summed E-state index contributed by atoms with van der Waals surface area (Å²) in [7, 11) is -4.04. The highest BCUT2D eigenvalue weighted by atomic mass is 35.5. The highest BCUT2D eigenvalue weighted by Crippen LogP contribution is 2.33. The van der Waals surface area contributed by atoms with E-state index in [4.69, 9.17) is 23.8 Å². The Morgan fingerprint density at radius 3 is 2.70 bits per heavy atom. The number of sulfonamides is 1. The first-order valence-electron chi connectivity index (χ1n) is 6.04. The number of rotatable bonds is 5. The summed E-state index contributed by atoms with van der Waals surface area (Å²) in [5, 5.41) is 0.0644. The molecule has 0 atom stereocenters. The number of nitrogen functional groups attached to an aromatic ring is 1. The summed E-state index contributed by atoms with van der Waals surface area (Å²) in [5.41, 5.74) is 5.12. The van der Waals surface area contributed by atoms with Crippen LogP contribution in [0.25, 0.3) is 0 Å². The summed E-state index contributed by atoms with van der Waals surface area (Å²) in [6.45, 7) is 0.184. The van der Waals surface area contributed by atoms with E-state index < -0.39 is 20.7 Å². The number of hydrogen-bond donors (Lipinski definition) is 1. The van der Waals surface area contributed by atoms with Crippen molar-refractivity contribution in [2.24, 2.45) is 5.92 Å². The van der Waals surface area contributed by atoms with Crippen molar-refractivity contribution in [3.63, 3.8) is 0 Å². The van der Waals surface area contributed by atoms with Gasteiger partial charge in [0, 0.05) is 11.6 Å². The molecule has 108 valence electrons. The first kappa shape index (κ1) is 15.1. The van der Waals surface area contributed by atoms with Gasteiger partial charge < -0.3 is 5.73 Å². The van der Waals surface area contributed by atoms with E-state index in [0.717, 1.165) is 23.2 Å². The summed E-state index contributed by atoms with van der Waals surface area (Å²) in [6.07, 6.45) is 7.11. The molecule has 0 bridgehead atoms. The number of anilines is 1. The van der Waals surface area contributed by atoms with Crippen LogP contribution < -0.4 is 5.73 Å². The monoisotopic (exact) mass is 316 g/mol. The van der Waals surface area contributed by atoms with Gasteiger partial charge in [0.1, 0.15) is 4.90 Å². The fraction of sp³-hybridized carbons (Fsp3) is 0.385. The van der Waals surface area contributed by atoms with Crippen LogP contribution in [0.15, 0.2) is 17.0 Å². The summed E-state index contributed by atoms with van der Waals surface area (Å²) < 4.78 is 40.1. The van der Waals surface area contributed by atoms with Gasteiger partial charge in [-0.2, -0.15) is 4.31 Å². The van der Waals surface area contributed by atoms with Crippen molar-refractivity contribution in [3.8, 4) is 12.3 Å². The van der Waals surface area contributed by atoms with Crippen LogP contribution in [-0.2, 0) is 10.0 Å². The zero-order valence-electron chi connectivity index (χ0n) is 10.6. The number of terminal acetylenes is 1. The predicted molar refractivity (Wildman–Crippen MR) is 76.1 cm³/mol. The summed E-state index contributed by atoms with van der Waals surface area (Å²) >= 11 is 5.76. The molecule has 1 aliphatic rings. The van der Waals surface area contributed by atoms with Gasteiger partial charge in [-0.25, -0.2) is 12.8 Å². The molecule has 4 nitrogen and oxygen atoms in total.